The molecule has 1 fully saturated rings. The van der Waals surface area contributed by atoms with Crippen LogP contribution in [0.1, 0.15) is 51.0 Å². The highest BCUT2D eigenvalue weighted by atomic mass is 32.1. The maximum absolute atomic E-state index is 12.2. The van der Waals surface area contributed by atoms with Crippen molar-refractivity contribution in [2.45, 2.75) is 62.8 Å². The summed E-state index contributed by atoms with van der Waals surface area (Å²) in [5, 5.41) is 3.24. The van der Waals surface area contributed by atoms with Gasteiger partial charge in [0.1, 0.15) is 0 Å². The monoisotopic (exact) mass is 291 g/mol. The van der Waals surface area contributed by atoms with E-state index in [-0.39, 0.29) is 5.91 Å². The minimum Gasteiger partial charge on any atom is -0.353 e. The molecule has 1 N–H and O–H groups in total. The van der Waals surface area contributed by atoms with Gasteiger partial charge in [-0.05, 0) is 42.9 Å². The Morgan fingerprint density at radius 3 is 2.50 bits per heavy atom. The van der Waals surface area contributed by atoms with Crippen molar-refractivity contribution in [2.75, 3.05) is 0 Å². The van der Waals surface area contributed by atoms with Crippen molar-refractivity contribution in [1.82, 2.24) is 5.32 Å². The Bertz CT molecular complexity index is 423. The van der Waals surface area contributed by atoms with E-state index in [0.717, 1.165) is 16.9 Å². The number of nitrogens with one attached hydrogen (secondary N) is 1. The second-order valence-electron chi connectivity index (χ2n) is 5.82. The molecule has 20 heavy (non-hydrogen) atoms. The van der Waals surface area contributed by atoms with Gasteiger partial charge in [-0.15, -0.1) is 12.6 Å². The topological polar surface area (TPSA) is 29.1 Å². The molecule has 1 unspecified atom stereocenters. The maximum Gasteiger partial charge on any atom is 0.224 e. The summed E-state index contributed by atoms with van der Waals surface area (Å²) in [6.45, 7) is 2.18. The normalized spacial score (nSPS) is 17.7. The molecule has 0 spiro atoms. The van der Waals surface area contributed by atoms with Gasteiger partial charge in [-0.25, -0.2) is 0 Å². The number of hydrogen-bond acceptors (Lipinski definition) is 2. The molecule has 0 bridgehead atoms. The Hall–Kier alpha value is -0.960. The van der Waals surface area contributed by atoms with Crippen LogP contribution in [0.2, 0.25) is 0 Å². The van der Waals surface area contributed by atoms with Crippen molar-refractivity contribution < 1.29 is 4.79 Å². The van der Waals surface area contributed by atoms with E-state index in [1.54, 1.807) is 0 Å². The SMILES string of the molecule is CCC(NC(=O)Cc1ccc(S)cc1)C1CCCCC1. The Kier molecular flexibility index (Phi) is 5.96. The molecule has 3 heteroatoms. The standard InChI is InChI=1S/C17H25NOS/c1-2-16(14-6-4-3-5-7-14)18-17(19)12-13-8-10-15(20)11-9-13/h8-11,14,16,20H,2-7,12H2,1H3,(H,18,19). The van der Waals surface area contributed by atoms with Gasteiger partial charge < -0.3 is 5.32 Å². The van der Waals surface area contributed by atoms with E-state index in [1.165, 1.54) is 32.1 Å². The largest absolute Gasteiger partial charge is 0.353 e. The van der Waals surface area contributed by atoms with Crippen LogP contribution >= 0.6 is 12.6 Å². The van der Waals surface area contributed by atoms with Crippen LogP contribution < -0.4 is 5.32 Å². The molecule has 0 aromatic heterocycles. The molecule has 2 nitrogen and oxygen atoms in total. The minimum absolute atomic E-state index is 0.148. The molecule has 2 rings (SSSR count). The van der Waals surface area contributed by atoms with E-state index in [0.29, 0.717) is 18.4 Å². The smallest absolute Gasteiger partial charge is 0.224 e. The predicted octanol–water partition coefficient (Wildman–Crippen LogP) is 3.99. The van der Waals surface area contributed by atoms with Crippen LogP contribution in [0, 0.1) is 5.92 Å². The highest BCUT2D eigenvalue weighted by Gasteiger charge is 2.23. The third-order valence-corrected chi connectivity index (χ3v) is 4.60. The Balaban J connectivity index is 1.86. The quantitative estimate of drug-likeness (QED) is 0.789. The van der Waals surface area contributed by atoms with Crippen molar-refractivity contribution in [3.63, 3.8) is 0 Å². The molecule has 1 aliphatic rings. The molecule has 1 aliphatic carbocycles. The van der Waals surface area contributed by atoms with Gasteiger partial charge in [0.15, 0.2) is 0 Å². The minimum atomic E-state index is 0.148. The Labute approximate surface area is 127 Å². The first-order chi connectivity index (χ1) is 9.69. The summed E-state index contributed by atoms with van der Waals surface area (Å²) in [7, 11) is 0. The van der Waals surface area contributed by atoms with E-state index in [2.05, 4.69) is 24.9 Å². The van der Waals surface area contributed by atoms with Crippen molar-refractivity contribution in [3.05, 3.63) is 29.8 Å². The highest BCUT2D eigenvalue weighted by Crippen LogP contribution is 2.27. The van der Waals surface area contributed by atoms with Crippen LogP contribution in [0.15, 0.2) is 29.2 Å². The Morgan fingerprint density at radius 2 is 1.90 bits per heavy atom. The second-order valence-corrected chi connectivity index (χ2v) is 6.34. The number of amides is 1. The van der Waals surface area contributed by atoms with Gasteiger partial charge in [0, 0.05) is 10.9 Å². The van der Waals surface area contributed by atoms with Crippen molar-refractivity contribution in [2.24, 2.45) is 5.92 Å². The van der Waals surface area contributed by atoms with E-state index < -0.39 is 0 Å². The zero-order valence-corrected chi connectivity index (χ0v) is 13.2. The van der Waals surface area contributed by atoms with Crippen LogP contribution in [0.5, 0.6) is 0 Å². The molecule has 0 radical (unpaired) electrons. The summed E-state index contributed by atoms with van der Waals surface area (Å²) in [6, 6.07) is 8.17. The van der Waals surface area contributed by atoms with Crippen molar-refractivity contribution in [3.8, 4) is 0 Å². The van der Waals surface area contributed by atoms with Crippen LogP contribution in [0.3, 0.4) is 0 Å². The molecule has 0 aliphatic heterocycles. The number of benzene rings is 1. The van der Waals surface area contributed by atoms with Crippen LogP contribution in [0.4, 0.5) is 0 Å². The van der Waals surface area contributed by atoms with Crippen molar-refractivity contribution >= 4 is 18.5 Å². The van der Waals surface area contributed by atoms with Gasteiger partial charge in [0.2, 0.25) is 5.91 Å². The second kappa shape index (κ2) is 7.72. The summed E-state index contributed by atoms with van der Waals surface area (Å²) in [4.78, 5) is 13.1. The third-order valence-electron chi connectivity index (χ3n) is 4.31. The highest BCUT2D eigenvalue weighted by molar-refractivity contribution is 7.80. The average Bonchev–Trinajstić information content (AvgIpc) is 2.48. The maximum atomic E-state index is 12.2. The summed E-state index contributed by atoms with van der Waals surface area (Å²) >= 11 is 4.26. The summed E-state index contributed by atoms with van der Waals surface area (Å²) in [5.41, 5.74) is 1.05. The molecular formula is C17H25NOS. The molecule has 1 amide bonds. The fourth-order valence-corrected chi connectivity index (χ4v) is 3.30. The number of rotatable bonds is 5. The lowest BCUT2D eigenvalue weighted by molar-refractivity contribution is -0.121. The number of carbonyl (C=O) groups is 1. The van der Waals surface area contributed by atoms with Crippen LogP contribution in [-0.2, 0) is 11.2 Å². The summed E-state index contributed by atoms with van der Waals surface area (Å²) in [6.07, 6.45) is 8.04. The van der Waals surface area contributed by atoms with Crippen LogP contribution in [-0.4, -0.2) is 11.9 Å². The molecular weight excluding hydrogens is 266 g/mol. The van der Waals surface area contributed by atoms with E-state index in [1.807, 2.05) is 24.3 Å². The van der Waals surface area contributed by atoms with Crippen LogP contribution in [0.25, 0.3) is 0 Å². The molecule has 0 heterocycles. The van der Waals surface area contributed by atoms with E-state index in [9.17, 15) is 4.79 Å². The van der Waals surface area contributed by atoms with Crippen molar-refractivity contribution in [1.29, 1.82) is 0 Å². The first-order valence-electron chi connectivity index (χ1n) is 7.76. The summed E-state index contributed by atoms with van der Waals surface area (Å²) < 4.78 is 0. The average molecular weight is 291 g/mol. The molecule has 1 atom stereocenters. The first kappa shape index (κ1) is 15.4. The number of hydrogen-bond donors (Lipinski definition) is 2. The fraction of sp³-hybridized carbons (Fsp3) is 0.588. The van der Waals surface area contributed by atoms with Gasteiger partial charge >= 0.3 is 0 Å². The summed E-state index contributed by atoms with van der Waals surface area (Å²) in [5.74, 6) is 0.826. The lowest BCUT2D eigenvalue weighted by atomic mass is 9.83. The van der Waals surface area contributed by atoms with E-state index in [4.69, 9.17) is 0 Å². The predicted molar refractivity (Wildman–Crippen MR) is 86.2 cm³/mol. The van der Waals surface area contributed by atoms with Gasteiger partial charge in [-0.2, -0.15) is 0 Å². The first-order valence-corrected chi connectivity index (χ1v) is 8.21. The van der Waals surface area contributed by atoms with Gasteiger partial charge in [0.25, 0.3) is 0 Å². The molecule has 1 aromatic carbocycles. The van der Waals surface area contributed by atoms with Gasteiger partial charge in [-0.1, -0.05) is 38.3 Å². The zero-order valence-electron chi connectivity index (χ0n) is 12.3. The zero-order chi connectivity index (χ0) is 14.4. The lowest BCUT2D eigenvalue weighted by Crippen LogP contribution is -2.41. The lowest BCUT2D eigenvalue weighted by Gasteiger charge is -2.30. The number of thiol groups is 1. The van der Waals surface area contributed by atoms with Gasteiger partial charge in [0.05, 0.1) is 6.42 Å². The molecule has 0 saturated heterocycles. The Morgan fingerprint density at radius 1 is 1.25 bits per heavy atom. The van der Waals surface area contributed by atoms with Gasteiger partial charge in [-0.3, -0.25) is 4.79 Å². The molecule has 1 aromatic rings. The number of carbonyl (C=O) groups excluding carboxylic acids is 1. The molecule has 110 valence electrons. The third kappa shape index (κ3) is 4.55. The fourth-order valence-electron chi connectivity index (χ4n) is 3.15. The molecule has 1 saturated carbocycles. The van der Waals surface area contributed by atoms with E-state index >= 15 is 0 Å².